The number of hydrogen-bond acceptors (Lipinski definition) is 2. The van der Waals surface area contributed by atoms with Crippen LogP contribution in [-0.2, 0) is 4.74 Å². The van der Waals surface area contributed by atoms with Crippen molar-refractivity contribution >= 4 is 17.3 Å². The van der Waals surface area contributed by atoms with E-state index in [0.717, 1.165) is 24.6 Å². The third kappa shape index (κ3) is 1.94. The summed E-state index contributed by atoms with van der Waals surface area (Å²) in [6.07, 6.45) is 3.85. The Morgan fingerprint density at radius 2 is 2.15 bits per heavy atom. The van der Waals surface area contributed by atoms with Crippen LogP contribution in [0.3, 0.4) is 0 Å². The maximum atomic E-state index is 5.62. The number of hydrogen-bond donors (Lipinski definition) is 2. The van der Waals surface area contributed by atoms with E-state index in [1.54, 1.807) is 0 Å². The topological polar surface area (TPSA) is 33.3 Å². The van der Waals surface area contributed by atoms with Crippen molar-refractivity contribution in [3.63, 3.8) is 0 Å². The Hall–Kier alpha value is -0.350. The molecule has 4 heteroatoms. The van der Waals surface area contributed by atoms with Gasteiger partial charge in [0, 0.05) is 12.6 Å². The molecule has 3 atom stereocenters. The zero-order chi connectivity index (χ0) is 9.26. The van der Waals surface area contributed by atoms with E-state index in [4.69, 9.17) is 17.0 Å². The molecular weight excluding hydrogens is 184 g/mol. The third-order valence-corrected chi connectivity index (χ3v) is 3.07. The van der Waals surface area contributed by atoms with Gasteiger partial charge in [-0.05, 0) is 38.4 Å². The van der Waals surface area contributed by atoms with Crippen LogP contribution in [0.1, 0.15) is 26.2 Å². The predicted octanol–water partition coefficient (Wildman–Crippen LogP) is 0.790. The molecular formula is C9H16N2OS. The summed E-state index contributed by atoms with van der Waals surface area (Å²) in [4.78, 5) is 0. The molecule has 0 aromatic heterocycles. The first kappa shape index (κ1) is 9.21. The van der Waals surface area contributed by atoms with Crippen molar-refractivity contribution in [2.75, 3.05) is 6.61 Å². The van der Waals surface area contributed by atoms with Gasteiger partial charge < -0.3 is 15.4 Å². The van der Waals surface area contributed by atoms with Gasteiger partial charge in [0.1, 0.15) is 0 Å². The van der Waals surface area contributed by atoms with Crippen molar-refractivity contribution in [1.29, 1.82) is 0 Å². The van der Waals surface area contributed by atoms with Gasteiger partial charge in [-0.2, -0.15) is 0 Å². The minimum atomic E-state index is 0.432. The zero-order valence-electron chi connectivity index (χ0n) is 7.88. The average molecular weight is 200 g/mol. The first-order valence-electron chi connectivity index (χ1n) is 4.98. The second-order valence-electron chi connectivity index (χ2n) is 3.72. The minimum Gasteiger partial charge on any atom is -0.378 e. The van der Waals surface area contributed by atoms with E-state index in [1.165, 1.54) is 6.42 Å². The van der Waals surface area contributed by atoms with Crippen LogP contribution >= 0.6 is 12.2 Å². The second-order valence-corrected chi connectivity index (χ2v) is 4.13. The quantitative estimate of drug-likeness (QED) is 0.646. The molecule has 1 aliphatic carbocycles. The first-order chi connectivity index (χ1) is 6.29. The molecule has 0 aromatic carbocycles. The summed E-state index contributed by atoms with van der Waals surface area (Å²) < 4.78 is 5.62. The molecule has 0 amide bonds. The first-order valence-corrected chi connectivity index (χ1v) is 5.39. The summed E-state index contributed by atoms with van der Waals surface area (Å²) in [5.41, 5.74) is 0. The van der Waals surface area contributed by atoms with Crippen LogP contribution in [0.2, 0.25) is 0 Å². The van der Waals surface area contributed by atoms with E-state index in [1.807, 2.05) is 0 Å². The van der Waals surface area contributed by atoms with Crippen molar-refractivity contribution in [2.45, 2.75) is 44.4 Å². The summed E-state index contributed by atoms with van der Waals surface area (Å²) >= 11 is 5.07. The molecule has 1 heterocycles. The highest BCUT2D eigenvalue weighted by molar-refractivity contribution is 7.80. The van der Waals surface area contributed by atoms with Crippen molar-refractivity contribution in [3.05, 3.63) is 0 Å². The third-order valence-electron chi connectivity index (χ3n) is 2.84. The lowest BCUT2D eigenvalue weighted by atomic mass is 9.89. The largest absolute Gasteiger partial charge is 0.378 e. The lowest BCUT2D eigenvalue weighted by molar-refractivity contribution is 0.0265. The van der Waals surface area contributed by atoms with Crippen LogP contribution < -0.4 is 10.6 Å². The second kappa shape index (κ2) is 3.80. The fourth-order valence-corrected chi connectivity index (χ4v) is 2.53. The highest BCUT2D eigenvalue weighted by Crippen LogP contribution is 2.24. The highest BCUT2D eigenvalue weighted by Gasteiger charge is 2.35. The lowest BCUT2D eigenvalue weighted by Crippen LogP contribution is -2.42. The van der Waals surface area contributed by atoms with Gasteiger partial charge in [-0.1, -0.05) is 0 Å². The number of nitrogens with one attached hydrogen (secondary N) is 2. The van der Waals surface area contributed by atoms with Gasteiger partial charge in [-0.25, -0.2) is 0 Å². The van der Waals surface area contributed by atoms with E-state index >= 15 is 0 Å². The Kier molecular flexibility index (Phi) is 2.69. The Labute approximate surface area is 84.2 Å². The molecule has 2 fully saturated rings. The van der Waals surface area contributed by atoms with Gasteiger partial charge in [-0.15, -0.1) is 0 Å². The van der Waals surface area contributed by atoms with Crippen LogP contribution in [0.15, 0.2) is 0 Å². The smallest absolute Gasteiger partial charge is 0.166 e. The SMILES string of the molecule is CCOC1CCC2NC(=S)NC2C1. The molecule has 1 aliphatic heterocycles. The number of thiocarbonyl (C=S) groups is 1. The average Bonchev–Trinajstić information content (AvgIpc) is 2.44. The summed E-state index contributed by atoms with van der Waals surface area (Å²) in [6.45, 7) is 2.87. The van der Waals surface area contributed by atoms with E-state index in [2.05, 4.69) is 17.6 Å². The summed E-state index contributed by atoms with van der Waals surface area (Å²) in [5.74, 6) is 0. The standard InChI is InChI=1S/C9H16N2OS/c1-2-12-6-3-4-7-8(5-6)11-9(13)10-7/h6-8H,2-5H2,1H3,(H2,10,11,13). The number of rotatable bonds is 2. The van der Waals surface area contributed by atoms with Crippen LogP contribution in [0.4, 0.5) is 0 Å². The molecule has 0 bridgehead atoms. The monoisotopic (exact) mass is 200 g/mol. The van der Waals surface area contributed by atoms with Crippen molar-refractivity contribution in [3.8, 4) is 0 Å². The number of ether oxygens (including phenoxy) is 1. The van der Waals surface area contributed by atoms with Crippen LogP contribution in [-0.4, -0.2) is 29.9 Å². The summed E-state index contributed by atoms with van der Waals surface area (Å²) in [6, 6.07) is 1.04. The van der Waals surface area contributed by atoms with Crippen LogP contribution in [0.5, 0.6) is 0 Å². The zero-order valence-corrected chi connectivity index (χ0v) is 8.69. The van der Waals surface area contributed by atoms with Crippen molar-refractivity contribution in [2.24, 2.45) is 0 Å². The van der Waals surface area contributed by atoms with Gasteiger partial charge in [0.15, 0.2) is 5.11 Å². The van der Waals surface area contributed by atoms with Crippen molar-refractivity contribution < 1.29 is 4.74 Å². The molecule has 74 valence electrons. The van der Waals surface area contributed by atoms with Gasteiger partial charge in [0.2, 0.25) is 0 Å². The Morgan fingerprint density at radius 3 is 2.92 bits per heavy atom. The Balaban J connectivity index is 1.89. The maximum absolute atomic E-state index is 5.62. The summed E-state index contributed by atoms with van der Waals surface area (Å²) in [5, 5.41) is 7.38. The van der Waals surface area contributed by atoms with E-state index in [-0.39, 0.29) is 0 Å². The molecule has 3 unspecified atom stereocenters. The van der Waals surface area contributed by atoms with Crippen LogP contribution in [0.25, 0.3) is 0 Å². The van der Waals surface area contributed by atoms with Gasteiger partial charge in [0.25, 0.3) is 0 Å². The van der Waals surface area contributed by atoms with E-state index in [0.29, 0.717) is 18.2 Å². The maximum Gasteiger partial charge on any atom is 0.166 e. The summed E-state index contributed by atoms with van der Waals surface area (Å²) in [7, 11) is 0. The van der Waals surface area contributed by atoms with Crippen molar-refractivity contribution in [1.82, 2.24) is 10.6 Å². The molecule has 1 saturated carbocycles. The van der Waals surface area contributed by atoms with E-state index < -0.39 is 0 Å². The van der Waals surface area contributed by atoms with Gasteiger partial charge in [0.05, 0.1) is 12.1 Å². The predicted molar refractivity (Wildman–Crippen MR) is 55.7 cm³/mol. The number of fused-ring (bicyclic) bond motifs is 1. The molecule has 0 spiro atoms. The molecule has 2 aliphatic rings. The molecule has 0 radical (unpaired) electrons. The Bertz CT molecular complexity index is 210. The molecule has 1 saturated heterocycles. The molecule has 3 nitrogen and oxygen atoms in total. The molecule has 0 aromatic rings. The fraction of sp³-hybridized carbons (Fsp3) is 0.889. The van der Waals surface area contributed by atoms with E-state index in [9.17, 15) is 0 Å². The van der Waals surface area contributed by atoms with Gasteiger partial charge in [-0.3, -0.25) is 0 Å². The molecule has 13 heavy (non-hydrogen) atoms. The fourth-order valence-electron chi connectivity index (χ4n) is 2.23. The normalized spacial score (nSPS) is 37.9. The minimum absolute atomic E-state index is 0.432. The Morgan fingerprint density at radius 1 is 1.38 bits per heavy atom. The molecule has 2 N–H and O–H groups in total. The molecule has 2 rings (SSSR count). The van der Waals surface area contributed by atoms with Gasteiger partial charge >= 0.3 is 0 Å². The lowest BCUT2D eigenvalue weighted by Gasteiger charge is -2.30. The van der Waals surface area contributed by atoms with Crippen LogP contribution in [0, 0.1) is 0 Å². The highest BCUT2D eigenvalue weighted by atomic mass is 32.1.